The highest BCUT2D eigenvalue weighted by molar-refractivity contribution is 6.17. The fraction of sp³-hybridized carbons (Fsp3) is 0.0400. The Morgan fingerprint density at radius 3 is 2.07 bits per heavy atom. The van der Waals surface area contributed by atoms with Gasteiger partial charge in [-0.15, -0.1) is 0 Å². The molecule has 252 valence electrons. The van der Waals surface area contributed by atoms with Gasteiger partial charge in [0.15, 0.2) is 5.84 Å². The fourth-order valence-electron chi connectivity index (χ4n) is 9.76. The first-order valence-corrected chi connectivity index (χ1v) is 18.6. The van der Waals surface area contributed by atoms with E-state index in [1.165, 1.54) is 71.6 Å². The van der Waals surface area contributed by atoms with E-state index >= 15 is 0 Å². The Balaban J connectivity index is 1.17. The van der Waals surface area contributed by atoms with E-state index in [1.54, 1.807) is 0 Å². The number of para-hydroxylation sites is 3. The molecule has 1 aromatic heterocycles. The third-order valence-corrected chi connectivity index (χ3v) is 11.9. The summed E-state index contributed by atoms with van der Waals surface area (Å²) < 4.78 is 2.49. The van der Waals surface area contributed by atoms with E-state index in [9.17, 15) is 0 Å². The molecule has 2 unspecified atom stereocenters. The van der Waals surface area contributed by atoms with Crippen LogP contribution in [0.5, 0.6) is 0 Å². The molecule has 3 aliphatic rings. The van der Waals surface area contributed by atoms with Crippen LogP contribution in [0.25, 0.3) is 49.4 Å². The number of benzene rings is 8. The maximum Gasteiger partial charge on any atom is 0.160 e. The summed E-state index contributed by atoms with van der Waals surface area (Å²) >= 11 is 0. The Kier molecular flexibility index (Phi) is 6.01. The van der Waals surface area contributed by atoms with Gasteiger partial charge in [-0.3, -0.25) is 0 Å². The zero-order chi connectivity index (χ0) is 35.4. The Bertz CT molecular complexity index is 3090. The lowest BCUT2D eigenvalue weighted by molar-refractivity contribution is 0.679. The molecule has 1 N–H and O–H groups in total. The molecule has 1 spiro atoms. The zero-order valence-electron chi connectivity index (χ0n) is 29.2. The molecule has 1 aliphatic carbocycles. The molecule has 4 nitrogen and oxygen atoms in total. The van der Waals surface area contributed by atoms with E-state index in [0.29, 0.717) is 0 Å². The Morgan fingerprint density at radius 1 is 0.500 bits per heavy atom. The Hall–Kier alpha value is -7.04. The standard InChI is InChI=1S/C50H32N4/c1-2-16-32(17-3-1)47-51-48(36-23-12-18-31-15-4-5-19-33(31)36)53-49(52-47)38-24-14-27-41-45(38)37-21-6-8-25-39(37)50(41)40-26-9-11-30-44(40)54-43-29-10-7-20-34(43)35-22-13-28-42(50)46(35)54/h1-30,48H,(H,51,52,53). The molecule has 9 aromatic rings. The summed E-state index contributed by atoms with van der Waals surface area (Å²) in [5.74, 6) is 1.54. The first kappa shape index (κ1) is 29.5. The number of aliphatic imine (C=N–C) groups is 2. The van der Waals surface area contributed by atoms with Gasteiger partial charge >= 0.3 is 0 Å². The molecular formula is C50H32N4. The number of amidine groups is 2. The first-order valence-electron chi connectivity index (χ1n) is 18.6. The van der Waals surface area contributed by atoms with Gasteiger partial charge in [-0.25, -0.2) is 9.98 Å². The average molecular weight is 689 g/mol. The van der Waals surface area contributed by atoms with Crippen LogP contribution in [0.3, 0.4) is 0 Å². The number of nitrogens with one attached hydrogen (secondary N) is 1. The second kappa shape index (κ2) is 11.0. The van der Waals surface area contributed by atoms with E-state index < -0.39 is 5.41 Å². The molecule has 0 amide bonds. The van der Waals surface area contributed by atoms with Crippen LogP contribution in [0, 0.1) is 0 Å². The predicted molar refractivity (Wildman–Crippen MR) is 221 cm³/mol. The van der Waals surface area contributed by atoms with Crippen LogP contribution in [-0.2, 0) is 5.41 Å². The van der Waals surface area contributed by atoms with Crippen molar-refractivity contribution in [1.82, 2.24) is 9.88 Å². The van der Waals surface area contributed by atoms with Crippen LogP contribution in [0.4, 0.5) is 0 Å². The van der Waals surface area contributed by atoms with Gasteiger partial charge in [-0.1, -0.05) is 170 Å². The van der Waals surface area contributed by atoms with Crippen molar-refractivity contribution < 1.29 is 0 Å². The highest BCUT2D eigenvalue weighted by atomic mass is 15.2. The molecule has 0 fully saturated rings. The first-order chi connectivity index (χ1) is 26.8. The zero-order valence-corrected chi connectivity index (χ0v) is 29.2. The van der Waals surface area contributed by atoms with Crippen LogP contribution < -0.4 is 5.32 Å². The van der Waals surface area contributed by atoms with Crippen molar-refractivity contribution in [2.24, 2.45) is 9.98 Å². The SMILES string of the molecule is c1ccc(C2=NC(c3cccc4c3-c3ccccc3C43c4ccccc4-n4c5ccccc5c5cccc3c54)=NC(c3cccc4ccccc34)N2)cc1. The summed E-state index contributed by atoms with van der Waals surface area (Å²) in [5, 5.41) is 8.65. The summed E-state index contributed by atoms with van der Waals surface area (Å²) in [6.45, 7) is 0. The van der Waals surface area contributed by atoms with Crippen molar-refractivity contribution in [2.45, 2.75) is 11.6 Å². The quantitative estimate of drug-likeness (QED) is 0.197. The Morgan fingerprint density at radius 2 is 1.15 bits per heavy atom. The van der Waals surface area contributed by atoms with Crippen LogP contribution in [-0.4, -0.2) is 16.2 Å². The topological polar surface area (TPSA) is 41.7 Å². The van der Waals surface area contributed by atoms with Crippen molar-refractivity contribution in [3.63, 3.8) is 0 Å². The van der Waals surface area contributed by atoms with Crippen molar-refractivity contribution in [3.05, 3.63) is 221 Å². The molecule has 0 radical (unpaired) electrons. The van der Waals surface area contributed by atoms with Gasteiger partial charge in [-0.2, -0.15) is 0 Å². The van der Waals surface area contributed by atoms with Crippen LogP contribution >= 0.6 is 0 Å². The van der Waals surface area contributed by atoms with E-state index in [-0.39, 0.29) is 6.17 Å². The summed E-state index contributed by atoms with van der Waals surface area (Å²) in [4.78, 5) is 10.9. The maximum absolute atomic E-state index is 5.49. The minimum Gasteiger partial charge on any atom is -0.344 e. The monoisotopic (exact) mass is 688 g/mol. The second-order valence-electron chi connectivity index (χ2n) is 14.5. The lowest BCUT2D eigenvalue weighted by Gasteiger charge is -2.39. The number of nitrogens with zero attached hydrogens (tertiary/aromatic N) is 3. The predicted octanol–water partition coefficient (Wildman–Crippen LogP) is 11.1. The van der Waals surface area contributed by atoms with Gasteiger partial charge in [0.2, 0.25) is 0 Å². The molecule has 3 heterocycles. The van der Waals surface area contributed by atoms with E-state index in [2.05, 4.69) is 186 Å². The summed E-state index contributed by atoms with van der Waals surface area (Å²) in [5.41, 5.74) is 13.9. The third kappa shape index (κ3) is 3.81. The molecule has 0 bridgehead atoms. The number of rotatable bonds is 3. The minimum atomic E-state index is -0.545. The van der Waals surface area contributed by atoms with Gasteiger partial charge in [0, 0.05) is 27.5 Å². The third-order valence-electron chi connectivity index (χ3n) is 11.9. The number of aromatic nitrogens is 1. The Labute approximate surface area is 312 Å². The number of fused-ring (bicyclic) bond motifs is 13. The molecule has 2 aliphatic heterocycles. The number of hydrogen-bond donors (Lipinski definition) is 1. The molecule has 12 rings (SSSR count). The normalized spacial score (nSPS) is 17.9. The van der Waals surface area contributed by atoms with Gasteiger partial charge in [0.25, 0.3) is 0 Å². The lowest BCUT2D eigenvalue weighted by atomic mass is 9.65. The van der Waals surface area contributed by atoms with Crippen molar-refractivity contribution >= 4 is 44.2 Å². The molecule has 0 saturated heterocycles. The molecule has 0 saturated carbocycles. The van der Waals surface area contributed by atoms with Crippen LogP contribution in [0.1, 0.15) is 45.1 Å². The number of hydrogen-bond acceptors (Lipinski definition) is 3. The van der Waals surface area contributed by atoms with Crippen LogP contribution in [0.15, 0.2) is 192 Å². The molecule has 8 aromatic carbocycles. The van der Waals surface area contributed by atoms with E-state index in [1.807, 2.05) is 6.07 Å². The van der Waals surface area contributed by atoms with Crippen molar-refractivity contribution in [2.75, 3.05) is 0 Å². The highest BCUT2D eigenvalue weighted by Gasteiger charge is 2.51. The van der Waals surface area contributed by atoms with Crippen LogP contribution in [0.2, 0.25) is 0 Å². The van der Waals surface area contributed by atoms with Crippen molar-refractivity contribution in [3.8, 4) is 16.8 Å². The summed E-state index contributed by atoms with van der Waals surface area (Å²) in [7, 11) is 0. The fourth-order valence-corrected chi connectivity index (χ4v) is 9.76. The second-order valence-corrected chi connectivity index (χ2v) is 14.5. The van der Waals surface area contributed by atoms with Gasteiger partial charge in [-0.05, 0) is 56.3 Å². The summed E-state index contributed by atoms with van der Waals surface area (Å²) in [6.07, 6.45) is -0.333. The van der Waals surface area contributed by atoms with Gasteiger partial charge < -0.3 is 9.88 Å². The van der Waals surface area contributed by atoms with E-state index in [4.69, 9.17) is 9.98 Å². The largest absolute Gasteiger partial charge is 0.344 e. The smallest absolute Gasteiger partial charge is 0.160 e. The maximum atomic E-state index is 5.49. The molecule has 54 heavy (non-hydrogen) atoms. The molecule has 4 heteroatoms. The van der Waals surface area contributed by atoms with Gasteiger partial charge in [0.05, 0.1) is 22.1 Å². The van der Waals surface area contributed by atoms with Crippen molar-refractivity contribution in [1.29, 1.82) is 0 Å². The average Bonchev–Trinajstić information content (AvgIpc) is 3.74. The lowest BCUT2D eigenvalue weighted by Crippen LogP contribution is -2.34. The molecular weight excluding hydrogens is 657 g/mol. The summed E-state index contributed by atoms with van der Waals surface area (Å²) in [6, 6.07) is 66.0. The minimum absolute atomic E-state index is 0.333. The van der Waals surface area contributed by atoms with Gasteiger partial charge in [0.1, 0.15) is 12.0 Å². The molecule has 2 atom stereocenters. The highest BCUT2D eigenvalue weighted by Crippen LogP contribution is 2.61. The van der Waals surface area contributed by atoms with E-state index in [0.717, 1.165) is 28.4 Å².